The number of nitrogens with one attached hydrogen (secondary N) is 2. The second kappa shape index (κ2) is 7.67. The van der Waals surface area contributed by atoms with E-state index in [0.29, 0.717) is 11.8 Å². The molecule has 0 bridgehead atoms. The first-order valence-electron chi connectivity index (χ1n) is 7.91. The Hall–Kier alpha value is -0.770. The molecule has 0 spiro atoms. The molecule has 2 aliphatic rings. The topological polar surface area (TPSA) is 41.1 Å². The van der Waals surface area contributed by atoms with Gasteiger partial charge in [-0.25, -0.2) is 0 Å². The molecule has 1 aromatic carbocycles. The van der Waals surface area contributed by atoms with Crippen molar-refractivity contribution in [3.05, 3.63) is 34.9 Å². The molecule has 1 saturated heterocycles. The first-order chi connectivity index (χ1) is 10.1. The fourth-order valence-electron chi connectivity index (χ4n) is 3.28. The van der Waals surface area contributed by atoms with Crippen LogP contribution in [0.3, 0.4) is 0 Å². The molecular formula is C17H24Cl2N2O. The number of rotatable bonds is 4. The van der Waals surface area contributed by atoms with Crippen molar-refractivity contribution in [3.8, 4) is 0 Å². The number of piperidine rings is 1. The second-order valence-electron chi connectivity index (χ2n) is 6.44. The molecule has 1 aliphatic heterocycles. The zero-order valence-corrected chi connectivity index (χ0v) is 14.4. The second-order valence-corrected chi connectivity index (χ2v) is 6.88. The van der Waals surface area contributed by atoms with Gasteiger partial charge in [0.15, 0.2) is 0 Å². The number of hydrogen-bond donors (Lipinski definition) is 2. The first-order valence-corrected chi connectivity index (χ1v) is 8.29. The van der Waals surface area contributed by atoms with Crippen molar-refractivity contribution < 1.29 is 4.79 Å². The van der Waals surface area contributed by atoms with E-state index in [2.05, 4.69) is 17.6 Å². The largest absolute Gasteiger partial charge is 0.349 e. The molecule has 22 heavy (non-hydrogen) atoms. The highest BCUT2D eigenvalue weighted by Gasteiger charge is 2.41. The van der Waals surface area contributed by atoms with Crippen LogP contribution in [-0.4, -0.2) is 19.0 Å². The first kappa shape index (κ1) is 17.6. The summed E-state index contributed by atoms with van der Waals surface area (Å²) in [4.78, 5) is 12.5. The maximum Gasteiger partial charge on any atom is 0.223 e. The fourth-order valence-corrected chi connectivity index (χ4v) is 3.40. The highest BCUT2D eigenvalue weighted by Crippen LogP contribution is 2.47. The summed E-state index contributed by atoms with van der Waals surface area (Å²) in [7, 11) is 0. The predicted molar refractivity (Wildman–Crippen MR) is 92.4 cm³/mol. The molecule has 3 rings (SSSR count). The molecule has 0 radical (unpaired) electrons. The SMILES string of the molecule is CC1CC1C(NC(=O)C1CCNCC1)c1ccc(Cl)cc1.Cl. The summed E-state index contributed by atoms with van der Waals surface area (Å²) in [5.74, 6) is 1.64. The number of amides is 1. The Morgan fingerprint density at radius 2 is 1.86 bits per heavy atom. The number of carbonyl (C=O) groups excluding carboxylic acids is 1. The van der Waals surface area contributed by atoms with Crippen LogP contribution in [0.4, 0.5) is 0 Å². The Labute approximate surface area is 143 Å². The minimum absolute atomic E-state index is 0. The quantitative estimate of drug-likeness (QED) is 0.877. The predicted octanol–water partition coefficient (Wildman–Crippen LogP) is 3.57. The molecule has 2 fully saturated rings. The lowest BCUT2D eigenvalue weighted by molar-refractivity contribution is -0.126. The average Bonchev–Trinajstić information content (AvgIpc) is 3.23. The van der Waals surface area contributed by atoms with Gasteiger partial charge in [0, 0.05) is 10.9 Å². The molecule has 0 aromatic heterocycles. The molecule has 5 heteroatoms. The van der Waals surface area contributed by atoms with Gasteiger partial charge < -0.3 is 10.6 Å². The van der Waals surface area contributed by atoms with Crippen molar-refractivity contribution in [3.63, 3.8) is 0 Å². The van der Waals surface area contributed by atoms with E-state index < -0.39 is 0 Å². The van der Waals surface area contributed by atoms with E-state index in [9.17, 15) is 4.79 Å². The number of benzene rings is 1. The van der Waals surface area contributed by atoms with Gasteiger partial charge in [-0.2, -0.15) is 0 Å². The fraction of sp³-hybridized carbons (Fsp3) is 0.588. The van der Waals surface area contributed by atoms with E-state index in [-0.39, 0.29) is 30.3 Å². The molecule has 3 nitrogen and oxygen atoms in total. The van der Waals surface area contributed by atoms with Crippen LogP contribution in [0.2, 0.25) is 5.02 Å². The molecule has 3 atom stereocenters. The van der Waals surface area contributed by atoms with Gasteiger partial charge in [-0.05, 0) is 61.9 Å². The van der Waals surface area contributed by atoms with Gasteiger partial charge in [0.1, 0.15) is 0 Å². The van der Waals surface area contributed by atoms with Gasteiger partial charge in [0.2, 0.25) is 5.91 Å². The Morgan fingerprint density at radius 1 is 1.27 bits per heavy atom. The van der Waals surface area contributed by atoms with Crippen LogP contribution in [0.1, 0.15) is 37.8 Å². The van der Waals surface area contributed by atoms with Gasteiger partial charge in [-0.1, -0.05) is 30.7 Å². The van der Waals surface area contributed by atoms with Crippen molar-refractivity contribution in [2.45, 2.75) is 32.2 Å². The number of hydrogen-bond acceptors (Lipinski definition) is 2. The Bertz CT molecular complexity index is 500. The molecular weight excluding hydrogens is 319 g/mol. The summed E-state index contributed by atoms with van der Waals surface area (Å²) < 4.78 is 0. The lowest BCUT2D eigenvalue weighted by Gasteiger charge is -2.26. The highest BCUT2D eigenvalue weighted by molar-refractivity contribution is 6.30. The van der Waals surface area contributed by atoms with Crippen molar-refractivity contribution in [2.75, 3.05) is 13.1 Å². The van der Waals surface area contributed by atoms with Gasteiger partial charge in [0.25, 0.3) is 0 Å². The normalized spacial score (nSPS) is 25.9. The maximum absolute atomic E-state index is 12.5. The minimum Gasteiger partial charge on any atom is -0.349 e. The third-order valence-electron chi connectivity index (χ3n) is 4.84. The van der Waals surface area contributed by atoms with E-state index >= 15 is 0 Å². The standard InChI is InChI=1S/C17H23ClN2O.ClH/c1-11-10-15(11)16(12-2-4-14(18)5-3-12)20-17(21)13-6-8-19-9-7-13;/h2-5,11,13,15-16,19H,6-10H2,1H3,(H,20,21);1H. The zero-order chi connectivity index (χ0) is 14.8. The third kappa shape index (κ3) is 4.15. The maximum atomic E-state index is 12.5. The number of halogens is 2. The molecule has 1 aliphatic carbocycles. The summed E-state index contributed by atoms with van der Waals surface area (Å²) in [5, 5.41) is 7.36. The lowest BCUT2D eigenvalue weighted by atomic mass is 9.95. The van der Waals surface area contributed by atoms with Crippen LogP contribution in [0.25, 0.3) is 0 Å². The van der Waals surface area contributed by atoms with Crippen LogP contribution in [0.5, 0.6) is 0 Å². The Balaban J connectivity index is 0.00000176. The van der Waals surface area contributed by atoms with Gasteiger partial charge in [0.05, 0.1) is 6.04 Å². The van der Waals surface area contributed by atoms with E-state index in [1.165, 1.54) is 12.0 Å². The molecule has 122 valence electrons. The van der Waals surface area contributed by atoms with E-state index in [1.54, 1.807) is 0 Å². The third-order valence-corrected chi connectivity index (χ3v) is 5.09. The van der Waals surface area contributed by atoms with Crippen molar-refractivity contribution in [1.82, 2.24) is 10.6 Å². The van der Waals surface area contributed by atoms with Crippen LogP contribution in [0.15, 0.2) is 24.3 Å². The number of carbonyl (C=O) groups is 1. The Kier molecular flexibility index (Phi) is 6.13. The van der Waals surface area contributed by atoms with Crippen LogP contribution in [-0.2, 0) is 4.79 Å². The summed E-state index contributed by atoms with van der Waals surface area (Å²) in [6.45, 7) is 4.15. The van der Waals surface area contributed by atoms with Gasteiger partial charge >= 0.3 is 0 Å². The molecule has 1 aromatic rings. The summed E-state index contributed by atoms with van der Waals surface area (Å²) >= 11 is 5.97. The highest BCUT2D eigenvalue weighted by atomic mass is 35.5. The van der Waals surface area contributed by atoms with E-state index in [1.807, 2.05) is 24.3 Å². The van der Waals surface area contributed by atoms with Crippen LogP contribution in [0, 0.1) is 17.8 Å². The molecule has 3 unspecified atom stereocenters. The monoisotopic (exact) mass is 342 g/mol. The molecule has 1 saturated carbocycles. The summed E-state index contributed by atoms with van der Waals surface area (Å²) in [6.07, 6.45) is 3.08. The lowest BCUT2D eigenvalue weighted by Crippen LogP contribution is -2.40. The van der Waals surface area contributed by atoms with Crippen LogP contribution < -0.4 is 10.6 Å². The van der Waals surface area contributed by atoms with Crippen molar-refractivity contribution in [2.24, 2.45) is 17.8 Å². The van der Waals surface area contributed by atoms with Crippen molar-refractivity contribution in [1.29, 1.82) is 0 Å². The average molecular weight is 343 g/mol. The van der Waals surface area contributed by atoms with Gasteiger partial charge in [-0.15, -0.1) is 12.4 Å². The Morgan fingerprint density at radius 3 is 2.41 bits per heavy atom. The van der Waals surface area contributed by atoms with Crippen molar-refractivity contribution >= 4 is 29.9 Å². The van der Waals surface area contributed by atoms with Gasteiger partial charge in [-0.3, -0.25) is 4.79 Å². The zero-order valence-electron chi connectivity index (χ0n) is 12.8. The summed E-state index contributed by atoms with van der Waals surface area (Å²) in [5.41, 5.74) is 1.18. The van der Waals surface area contributed by atoms with E-state index in [4.69, 9.17) is 11.6 Å². The molecule has 1 heterocycles. The van der Waals surface area contributed by atoms with Crippen LogP contribution >= 0.6 is 24.0 Å². The molecule has 2 N–H and O–H groups in total. The molecule has 1 amide bonds. The van der Waals surface area contributed by atoms with E-state index in [0.717, 1.165) is 31.0 Å². The summed E-state index contributed by atoms with van der Waals surface area (Å²) in [6, 6.07) is 8.04. The smallest absolute Gasteiger partial charge is 0.223 e. The minimum atomic E-state index is 0.